The molecular weight excluding hydrogens is 241 g/mol. The van der Waals surface area contributed by atoms with Gasteiger partial charge >= 0.3 is 0 Å². The molecular formula is C16H18FNO. The van der Waals surface area contributed by atoms with Crippen molar-refractivity contribution in [3.05, 3.63) is 71.0 Å². The number of hydrogen-bond acceptors (Lipinski definition) is 2. The van der Waals surface area contributed by atoms with E-state index in [9.17, 15) is 4.39 Å². The molecule has 0 aliphatic rings. The molecule has 0 amide bonds. The van der Waals surface area contributed by atoms with E-state index in [1.54, 1.807) is 26.2 Å². The first-order chi connectivity index (χ1) is 9.13. The summed E-state index contributed by atoms with van der Waals surface area (Å²) in [5.41, 5.74) is 8.73. The Hall–Kier alpha value is -1.71. The van der Waals surface area contributed by atoms with Gasteiger partial charge in [0, 0.05) is 7.11 Å². The van der Waals surface area contributed by atoms with Crippen molar-refractivity contribution >= 4 is 0 Å². The molecule has 0 saturated heterocycles. The van der Waals surface area contributed by atoms with E-state index in [0.29, 0.717) is 5.56 Å². The zero-order valence-corrected chi connectivity index (χ0v) is 11.1. The van der Waals surface area contributed by atoms with Gasteiger partial charge in [-0.15, -0.1) is 0 Å². The van der Waals surface area contributed by atoms with E-state index in [1.165, 1.54) is 6.07 Å². The van der Waals surface area contributed by atoms with Crippen molar-refractivity contribution in [1.29, 1.82) is 0 Å². The molecule has 2 N–H and O–H groups in total. The van der Waals surface area contributed by atoms with E-state index < -0.39 is 0 Å². The predicted molar refractivity (Wildman–Crippen MR) is 74.3 cm³/mol. The van der Waals surface area contributed by atoms with Crippen molar-refractivity contribution in [3.63, 3.8) is 0 Å². The van der Waals surface area contributed by atoms with Gasteiger partial charge in [0.2, 0.25) is 0 Å². The molecule has 0 aromatic heterocycles. The Morgan fingerprint density at radius 2 is 1.74 bits per heavy atom. The smallest absolute Gasteiger partial charge is 0.126 e. The fraction of sp³-hybridized carbons (Fsp3) is 0.250. The van der Waals surface area contributed by atoms with Crippen LogP contribution in [0.25, 0.3) is 0 Å². The van der Waals surface area contributed by atoms with Crippen LogP contribution in [-0.2, 0) is 4.74 Å². The second-order valence-electron chi connectivity index (χ2n) is 4.60. The van der Waals surface area contributed by atoms with Crippen LogP contribution in [0.5, 0.6) is 0 Å². The summed E-state index contributed by atoms with van der Waals surface area (Å²) >= 11 is 0. The average Bonchev–Trinajstić information content (AvgIpc) is 2.44. The highest BCUT2D eigenvalue weighted by atomic mass is 19.1. The quantitative estimate of drug-likeness (QED) is 0.911. The highest BCUT2D eigenvalue weighted by Crippen LogP contribution is 2.30. The highest BCUT2D eigenvalue weighted by Gasteiger charge is 2.21. The Morgan fingerprint density at radius 3 is 2.32 bits per heavy atom. The molecule has 0 radical (unpaired) electrons. The van der Waals surface area contributed by atoms with Gasteiger partial charge in [-0.1, -0.05) is 42.5 Å². The molecule has 19 heavy (non-hydrogen) atoms. The van der Waals surface area contributed by atoms with Gasteiger partial charge in [-0.05, 0) is 29.7 Å². The number of halogens is 1. The van der Waals surface area contributed by atoms with Crippen LogP contribution in [0.1, 0.15) is 28.8 Å². The molecule has 2 rings (SSSR count). The molecule has 0 bridgehead atoms. The lowest BCUT2D eigenvalue weighted by molar-refractivity contribution is 0.0801. The summed E-state index contributed by atoms with van der Waals surface area (Å²) in [6.45, 7) is 1.73. The largest absolute Gasteiger partial charge is 0.375 e. The van der Waals surface area contributed by atoms with E-state index in [4.69, 9.17) is 10.5 Å². The standard InChI is InChI=1S/C16H18FNO/c1-11-10-13(8-9-14(11)17)15(18)16(19-2)12-6-4-3-5-7-12/h3-10,15-16H,18H2,1-2H3. The van der Waals surface area contributed by atoms with Crippen molar-refractivity contribution in [2.75, 3.05) is 7.11 Å². The van der Waals surface area contributed by atoms with Crippen LogP contribution in [0.2, 0.25) is 0 Å². The Balaban J connectivity index is 2.30. The van der Waals surface area contributed by atoms with Crippen molar-refractivity contribution in [3.8, 4) is 0 Å². The molecule has 2 aromatic rings. The first kappa shape index (κ1) is 13.7. The summed E-state index contributed by atoms with van der Waals surface area (Å²) in [6, 6.07) is 14.4. The fourth-order valence-electron chi connectivity index (χ4n) is 2.18. The minimum absolute atomic E-state index is 0.218. The van der Waals surface area contributed by atoms with Gasteiger partial charge < -0.3 is 10.5 Å². The highest BCUT2D eigenvalue weighted by molar-refractivity contribution is 5.30. The van der Waals surface area contributed by atoms with Crippen LogP contribution in [0, 0.1) is 12.7 Å². The van der Waals surface area contributed by atoms with E-state index >= 15 is 0 Å². The van der Waals surface area contributed by atoms with Crippen molar-refractivity contribution in [1.82, 2.24) is 0 Å². The van der Waals surface area contributed by atoms with Crippen LogP contribution >= 0.6 is 0 Å². The van der Waals surface area contributed by atoms with Gasteiger partial charge in [-0.25, -0.2) is 4.39 Å². The Kier molecular flexibility index (Phi) is 4.30. The fourth-order valence-corrected chi connectivity index (χ4v) is 2.18. The SMILES string of the molecule is COC(c1ccccc1)C(N)c1ccc(F)c(C)c1. The number of aryl methyl sites for hydroxylation is 1. The summed E-state index contributed by atoms with van der Waals surface area (Å²) < 4.78 is 18.8. The molecule has 0 spiro atoms. The maximum absolute atomic E-state index is 13.3. The van der Waals surface area contributed by atoms with Gasteiger partial charge in [0.15, 0.2) is 0 Å². The molecule has 2 nitrogen and oxygen atoms in total. The summed E-state index contributed by atoms with van der Waals surface area (Å²) in [4.78, 5) is 0. The lowest BCUT2D eigenvalue weighted by Crippen LogP contribution is -2.21. The van der Waals surface area contributed by atoms with Crippen molar-refractivity contribution in [2.45, 2.75) is 19.1 Å². The molecule has 3 heteroatoms. The second kappa shape index (κ2) is 5.95. The number of ether oxygens (including phenoxy) is 1. The monoisotopic (exact) mass is 259 g/mol. The van der Waals surface area contributed by atoms with Crippen molar-refractivity contribution in [2.24, 2.45) is 5.73 Å². The first-order valence-electron chi connectivity index (χ1n) is 6.23. The molecule has 0 aliphatic carbocycles. The van der Waals surface area contributed by atoms with Crippen LogP contribution in [0.3, 0.4) is 0 Å². The van der Waals surface area contributed by atoms with Gasteiger partial charge in [-0.3, -0.25) is 0 Å². The van der Waals surface area contributed by atoms with Crippen LogP contribution in [0.15, 0.2) is 48.5 Å². The maximum Gasteiger partial charge on any atom is 0.126 e. The molecule has 0 saturated carbocycles. The van der Waals surface area contributed by atoms with Crippen LogP contribution in [0.4, 0.5) is 4.39 Å². The van der Waals surface area contributed by atoms with E-state index in [-0.39, 0.29) is 18.0 Å². The summed E-state index contributed by atoms with van der Waals surface area (Å²) in [7, 11) is 1.63. The van der Waals surface area contributed by atoms with Crippen LogP contribution < -0.4 is 5.73 Å². The average molecular weight is 259 g/mol. The molecule has 2 aromatic carbocycles. The lowest BCUT2D eigenvalue weighted by Gasteiger charge is -2.23. The lowest BCUT2D eigenvalue weighted by atomic mass is 9.95. The maximum atomic E-state index is 13.3. The number of methoxy groups -OCH3 is 1. The summed E-state index contributed by atoms with van der Waals surface area (Å²) in [5, 5.41) is 0. The first-order valence-corrected chi connectivity index (χ1v) is 6.23. The third kappa shape index (κ3) is 3.00. The Morgan fingerprint density at radius 1 is 1.05 bits per heavy atom. The number of benzene rings is 2. The van der Waals surface area contributed by atoms with E-state index in [2.05, 4.69) is 0 Å². The van der Waals surface area contributed by atoms with E-state index in [1.807, 2.05) is 30.3 Å². The molecule has 2 atom stereocenters. The summed E-state index contributed by atoms with van der Waals surface area (Å²) in [6.07, 6.45) is -0.244. The van der Waals surface area contributed by atoms with Gasteiger partial charge in [-0.2, -0.15) is 0 Å². The van der Waals surface area contributed by atoms with E-state index in [0.717, 1.165) is 11.1 Å². The Labute approximate surface area is 113 Å². The molecule has 0 heterocycles. The third-order valence-electron chi connectivity index (χ3n) is 3.28. The third-order valence-corrected chi connectivity index (χ3v) is 3.28. The molecule has 2 unspecified atom stereocenters. The summed E-state index contributed by atoms with van der Waals surface area (Å²) in [5.74, 6) is -0.218. The molecule has 0 aliphatic heterocycles. The normalized spacial score (nSPS) is 14.1. The second-order valence-corrected chi connectivity index (χ2v) is 4.60. The number of nitrogens with two attached hydrogens (primary N) is 1. The minimum Gasteiger partial charge on any atom is -0.375 e. The van der Waals surface area contributed by atoms with Gasteiger partial charge in [0.05, 0.1) is 6.04 Å². The van der Waals surface area contributed by atoms with Crippen LogP contribution in [-0.4, -0.2) is 7.11 Å². The predicted octanol–water partition coefficient (Wildman–Crippen LogP) is 3.52. The zero-order valence-electron chi connectivity index (χ0n) is 11.1. The Bertz CT molecular complexity index is 542. The number of hydrogen-bond donors (Lipinski definition) is 1. The minimum atomic E-state index is -0.327. The molecule has 100 valence electrons. The van der Waals surface area contributed by atoms with Gasteiger partial charge in [0.25, 0.3) is 0 Å². The molecule has 0 fully saturated rings. The number of rotatable bonds is 4. The van der Waals surface area contributed by atoms with Crippen molar-refractivity contribution < 1.29 is 9.13 Å². The van der Waals surface area contributed by atoms with Gasteiger partial charge in [0.1, 0.15) is 11.9 Å². The topological polar surface area (TPSA) is 35.2 Å². The zero-order chi connectivity index (χ0) is 13.8.